The minimum atomic E-state index is 0.141. The fraction of sp³-hybridized carbons (Fsp3) is 0.818. The number of rotatable bonds is 0. The van der Waals surface area contributed by atoms with Gasteiger partial charge in [0.2, 0.25) is 0 Å². The number of hydrogen-bond donors (Lipinski definition) is 1. The Bertz CT molecular complexity index is 226. The molecule has 1 aliphatic heterocycles. The summed E-state index contributed by atoms with van der Waals surface area (Å²) < 4.78 is 6.04. The third-order valence-corrected chi connectivity index (χ3v) is 3.34. The fourth-order valence-corrected chi connectivity index (χ4v) is 2.33. The zero-order chi connectivity index (χ0) is 9.31. The van der Waals surface area contributed by atoms with E-state index < -0.39 is 0 Å². The smallest absolute Gasteiger partial charge is 0.126 e. The Kier molecular flexibility index (Phi) is 2.22. The molecule has 1 saturated carbocycles. The molecule has 0 aromatic carbocycles. The topological polar surface area (TPSA) is 21.3 Å². The zero-order valence-corrected chi connectivity index (χ0v) is 8.65. The highest BCUT2D eigenvalue weighted by molar-refractivity contribution is 5.09. The molecule has 0 aromatic heterocycles. The molecule has 0 unspecified atom stereocenters. The summed E-state index contributed by atoms with van der Waals surface area (Å²) in [5, 5.41) is 3.45. The number of ether oxygens (including phenoxy) is 1. The standard InChI is InChI=1S/C11H19NO/c1-9-10(2)13-11(8-12-9)6-4-3-5-7-11/h12H,3-8H2,1-2H3. The Hall–Kier alpha value is -0.660. The first kappa shape index (κ1) is 8.92. The molecule has 0 radical (unpaired) electrons. The molecule has 1 N–H and O–H groups in total. The molecule has 2 aliphatic rings. The lowest BCUT2D eigenvalue weighted by Gasteiger charge is -2.41. The summed E-state index contributed by atoms with van der Waals surface area (Å²) in [5.74, 6) is 1.09. The van der Waals surface area contributed by atoms with Crippen LogP contribution in [0, 0.1) is 0 Å². The van der Waals surface area contributed by atoms with Crippen molar-refractivity contribution in [1.82, 2.24) is 5.32 Å². The van der Waals surface area contributed by atoms with Crippen LogP contribution in [-0.4, -0.2) is 12.1 Å². The summed E-state index contributed by atoms with van der Waals surface area (Å²) >= 11 is 0. The maximum absolute atomic E-state index is 6.04. The van der Waals surface area contributed by atoms with Crippen LogP contribution < -0.4 is 5.32 Å². The van der Waals surface area contributed by atoms with Crippen LogP contribution in [0.3, 0.4) is 0 Å². The average Bonchev–Trinajstić information content (AvgIpc) is 2.14. The summed E-state index contributed by atoms with van der Waals surface area (Å²) in [6, 6.07) is 0. The third kappa shape index (κ3) is 1.67. The van der Waals surface area contributed by atoms with Crippen molar-refractivity contribution < 1.29 is 4.74 Å². The molecular formula is C11H19NO. The van der Waals surface area contributed by atoms with Gasteiger partial charge >= 0.3 is 0 Å². The van der Waals surface area contributed by atoms with Gasteiger partial charge in [0, 0.05) is 5.70 Å². The van der Waals surface area contributed by atoms with Crippen LogP contribution >= 0.6 is 0 Å². The maximum Gasteiger partial charge on any atom is 0.126 e. The second kappa shape index (κ2) is 3.24. The van der Waals surface area contributed by atoms with Gasteiger partial charge in [-0.25, -0.2) is 0 Å². The summed E-state index contributed by atoms with van der Waals surface area (Å²) in [4.78, 5) is 0. The van der Waals surface area contributed by atoms with E-state index in [1.165, 1.54) is 37.8 Å². The SMILES string of the molecule is CC1=C(C)OC2(CCCCC2)CN1. The van der Waals surface area contributed by atoms with Crippen molar-refractivity contribution in [1.29, 1.82) is 0 Å². The van der Waals surface area contributed by atoms with Gasteiger partial charge in [-0.05, 0) is 39.5 Å². The summed E-state index contributed by atoms with van der Waals surface area (Å²) in [7, 11) is 0. The molecule has 1 fully saturated rings. The second-order valence-electron chi connectivity index (χ2n) is 4.38. The first-order valence-electron chi connectivity index (χ1n) is 5.32. The van der Waals surface area contributed by atoms with Gasteiger partial charge in [-0.2, -0.15) is 0 Å². The third-order valence-electron chi connectivity index (χ3n) is 3.34. The van der Waals surface area contributed by atoms with E-state index in [9.17, 15) is 0 Å². The van der Waals surface area contributed by atoms with Crippen molar-refractivity contribution >= 4 is 0 Å². The predicted octanol–water partition coefficient (Wildman–Crippen LogP) is 2.56. The lowest BCUT2D eigenvalue weighted by Crippen LogP contribution is -2.47. The van der Waals surface area contributed by atoms with Crippen LogP contribution in [0.2, 0.25) is 0 Å². The quantitative estimate of drug-likeness (QED) is 0.620. The summed E-state index contributed by atoms with van der Waals surface area (Å²) in [5.41, 5.74) is 1.35. The molecule has 1 spiro atoms. The number of allylic oxidation sites excluding steroid dienone is 2. The Labute approximate surface area is 80.4 Å². The Morgan fingerprint density at radius 3 is 2.46 bits per heavy atom. The molecule has 2 heteroatoms. The monoisotopic (exact) mass is 181 g/mol. The van der Waals surface area contributed by atoms with Gasteiger partial charge in [0.1, 0.15) is 11.4 Å². The maximum atomic E-state index is 6.04. The van der Waals surface area contributed by atoms with Gasteiger partial charge in [0.25, 0.3) is 0 Å². The van der Waals surface area contributed by atoms with Crippen LogP contribution in [0.4, 0.5) is 0 Å². The molecule has 0 atom stereocenters. The van der Waals surface area contributed by atoms with Crippen molar-refractivity contribution in [2.24, 2.45) is 0 Å². The van der Waals surface area contributed by atoms with Gasteiger partial charge in [0.05, 0.1) is 6.54 Å². The zero-order valence-electron chi connectivity index (χ0n) is 8.65. The Morgan fingerprint density at radius 1 is 1.15 bits per heavy atom. The Morgan fingerprint density at radius 2 is 1.85 bits per heavy atom. The number of nitrogens with one attached hydrogen (secondary N) is 1. The molecule has 2 rings (SSSR count). The lowest BCUT2D eigenvalue weighted by molar-refractivity contribution is -0.0382. The highest BCUT2D eigenvalue weighted by Gasteiger charge is 2.36. The summed E-state index contributed by atoms with van der Waals surface area (Å²) in [6.07, 6.45) is 6.49. The van der Waals surface area contributed by atoms with E-state index >= 15 is 0 Å². The van der Waals surface area contributed by atoms with Crippen LogP contribution in [-0.2, 0) is 4.74 Å². The largest absolute Gasteiger partial charge is 0.488 e. The van der Waals surface area contributed by atoms with Crippen molar-refractivity contribution in [2.75, 3.05) is 6.54 Å². The minimum Gasteiger partial charge on any atom is -0.488 e. The molecule has 13 heavy (non-hydrogen) atoms. The van der Waals surface area contributed by atoms with E-state index in [1.54, 1.807) is 0 Å². The summed E-state index contributed by atoms with van der Waals surface area (Å²) in [6.45, 7) is 5.17. The van der Waals surface area contributed by atoms with Crippen molar-refractivity contribution in [3.05, 3.63) is 11.5 Å². The van der Waals surface area contributed by atoms with E-state index in [0.717, 1.165) is 12.3 Å². The van der Waals surface area contributed by atoms with E-state index in [0.29, 0.717) is 0 Å². The highest BCUT2D eigenvalue weighted by atomic mass is 16.5. The lowest BCUT2D eigenvalue weighted by atomic mass is 9.84. The van der Waals surface area contributed by atoms with Crippen LogP contribution in [0.5, 0.6) is 0 Å². The Balaban J connectivity index is 2.09. The van der Waals surface area contributed by atoms with Crippen LogP contribution in [0.1, 0.15) is 46.0 Å². The van der Waals surface area contributed by atoms with Gasteiger partial charge in [0.15, 0.2) is 0 Å². The molecule has 0 amide bonds. The molecule has 1 aliphatic carbocycles. The van der Waals surface area contributed by atoms with Gasteiger partial charge < -0.3 is 10.1 Å². The van der Waals surface area contributed by atoms with Crippen LogP contribution in [0.25, 0.3) is 0 Å². The molecule has 0 bridgehead atoms. The molecule has 74 valence electrons. The van der Waals surface area contributed by atoms with E-state index in [4.69, 9.17) is 4.74 Å². The van der Waals surface area contributed by atoms with Gasteiger partial charge in [-0.15, -0.1) is 0 Å². The van der Waals surface area contributed by atoms with Crippen molar-refractivity contribution in [3.63, 3.8) is 0 Å². The molecular weight excluding hydrogens is 162 g/mol. The molecule has 2 nitrogen and oxygen atoms in total. The first-order chi connectivity index (χ1) is 6.22. The second-order valence-corrected chi connectivity index (χ2v) is 4.38. The first-order valence-corrected chi connectivity index (χ1v) is 5.32. The van der Waals surface area contributed by atoms with E-state index in [2.05, 4.69) is 19.2 Å². The van der Waals surface area contributed by atoms with E-state index in [-0.39, 0.29) is 5.60 Å². The molecule has 0 aromatic rings. The molecule has 1 heterocycles. The van der Waals surface area contributed by atoms with Crippen molar-refractivity contribution in [3.8, 4) is 0 Å². The normalized spacial score (nSPS) is 26.9. The van der Waals surface area contributed by atoms with Crippen molar-refractivity contribution in [2.45, 2.75) is 51.6 Å². The van der Waals surface area contributed by atoms with Gasteiger partial charge in [-0.1, -0.05) is 6.42 Å². The minimum absolute atomic E-state index is 0.141. The van der Waals surface area contributed by atoms with E-state index in [1.807, 2.05) is 0 Å². The predicted molar refractivity (Wildman–Crippen MR) is 53.3 cm³/mol. The number of hydrogen-bond acceptors (Lipinski definition) is 2. The average molecular weight is 181 g/mol. The highest BCUT2D eigenvalue weighted by Crippen LogP contribution is 2.35. The fourth-order valence-electron chi connectivity index (χ4n) is 2.33. The molecule has 0 saturated heterocycles. The van der Waals surface area contributed by atoms with Crippen LogP contribution in [0.15, 0.2) is 11.5 Å². The van der Waals surface area contributed by atoms with Gasteiger partial charge in [-0.3, -0.25) is 0 Å².